The summed E-state index contributed by atoms with van der Waals surface area (Å²) in [6.45, 7) is 0.0412. The first-order chi connectivity index (χ1) is 12.2. The lowest BCUT2D eigenvalue weighted by atomic mass is 10.0. The third-order valence-electron chi connectivity index (χ3n) is 4.02. The highest BCUT2D eigenvalue weighted by Crippen LogP contribution is 2.37. The molecule has 0 amide bonds. The van der Waals surface area contributed by atoms with Gasteiger partial charge in [0.15, 0.2) is 5.11 Å². The number of hydrogen-bond donors (Lipinski definition) is 2. The van der Waals surface area contributed by atoms with Gasteiger partial charge in [0, 0.05) is 12.7 Å². The van der Waals surface area contributed by atoms with E-state index in [4.69, 9.17) is 15.2 Å². The summed E-state index contributed by atoms with van der Waals surface area (Å²) in [6.07, 6.45) is 0.821. The van der Waals surface area contributed by atoms with E-state index in [-0.39, 0.29) is 13.0 Å². The van der Waals surface area contributed by atoms with Crippen LogP contribution in [-0.4, -0.2) is 42.6 Å². The third-order valence-corrected chi connectivity index (χ3v) is 4.13. The van der Waals surface area contributed by atoms with Crippen molar-refractivity contribution in [1.82, 2.24) is 10.2 Å². The van der Waals surface area contributed by atoms with E-state index in [9.17, 15) is 13.2 Å². The zero-order valence-corrected chi connectivity index (χ0v) is 15.2. The Kier molecular flexibility index (Phi) is 6.01. The summed E-state index contributed by atoms with van der Waals surface area (Å²) >= 11 is 4.67. The highest BCUT2D eigenvalue weighted by Gasteiger charge is 2.57. The molecule has 1 heterocycles. The van der Waals surface area contributed by atoms with Crippen LogP contribution in [0.5, 0.6) is 11.5 Å². The Morgan fingerprint density at radius 3 is 2.58 bits per heavy atom. The summed E-state index contributed by atoms with van der Waals surface area (Å²) in [5.41, 5.74) is 3.58. The van der Waals surface area contributed by atoms with Gasteiger partial charge in [0.05, 0.1) is 14.2 Å². The Hall–Kier alpha value is -2.42. The van der Waals surface area contributed by atoms with Crippen LogP contribution in [0.1, 0.15) is 5.56 Å². The first kappa shape index (κ1) is 19.9. The molecule has 0 fully saturated rings. The van der Waals surface area contributed by atoms with Crippen molar-refractivity contribution in [2.75, 3.05) is 20.8 Å². The van der Waals surface area contributed by atoms with Gasteiger partial charge in [-0.05, 0) is 54.6 Å². The Balaban J connectivity index is 2.30. The minimum Gasteiger partial charge on any atom is -0.497 e. The number of rotatable bonds is 6. The fourth-order valence-electron chi connectivity index (χ4n) is 2.76. The maximum absolute atomic E-state index is 13.8. The molecule has 3 N–H and O–H groups in total. The molecular formula is C17H20F3N3O2S. The van der Waals surface area contributed by atoms with E-state index in [0.29, 0.717) is 11.5 Å². The second kappa shape index (κ2) is 7.86. The summed E-state index contributed by atoms with van der Waals surface area (Å²) < 4.78 is 52.0. The maximum atomic E-state index is 13.8. The van der Waals surface area contributed by atoms with Gasteiger partial charge in [0.25, 0.3) is 0 Å². The molecule has 0 saturated heterocycles. The van der Waals surface area contributed by atoms with Gasteiger partial charge in [-0.25, -0.2) is 0 Å². The van der Waals surface area contributed by atoms with Crippen LogP contribution in [0, 0.1) is 0 Å². The lowest BCUT2D eigenvalue weighted by Gasteiger charge is -2.44. The number of hydrogen-bond acceptors (Lipinski definition) is 4. The van der Waals surface area contributed by atoms with Gasteiger partial charge in [0.1, 0.15) is 11.5 Å². The Bertz CT molecular complexity index is 722. The molecule has 1 aliphatic heterocycles. The summed E-state index contributed by atoms with van der Waals surface area (Å²) in [4.78, 5) is 1.12. The fraction of sp³-hybridized carbons (Fsp3) is 0.353. The van der Waals surface area contributed by atoms with Gasteiger partial charge in [0.2, 0.25) is 5.66 Å². The maximum Gasteiger partial charge on any atom is 0.434 e. The van der Waals surface area contributed by atoms with Gasteiger partial charge in [-0.3, -0.25) is 0 Å². The Morgan fingerprint density at radius 2 is 2.00 bits per heavy atom. The number of allylic oxidation sites excluding steroid dienone is 2. The van der Waals surface area contributed by atoms with Crippen LogP contribution in [0.3, 0.4) is 0 Å². The van der Waals surface area contributed by atoms with E-state index in [2.05, 4.69) is 17.5 Å². The molecule has 9 heteroatoms. The number of ether oxygens (including phenoxy) is 2. The van der Waals surface area contributed by atoms with Crippen molar-refractivity contribution >= 4 is 17.3 Å². The van der Waals surface area contributed by atoms with E-state index in [1.165, 1.54) is 32.6 Å². The van der Waals surface area contributed by atoms with Crippen LogP contribution in [0.4, 0.5) is 13.2 Å². The molecule has 0 saturated carbocycles. The van der Waals surface area contributed by atoms with Crippen LogP contribution < -0.4 is 20.5 Å². The molecular weight excluding hydrogens is 367 g/mol. The topological polar surface area (TPSA) is 59.8 Å². The minimum atomic E-state index is -4.64. The van der Waals surface area contributed by atoms with Gasteiger partial charge >= 0.3 is 6.18 Å². The van der Waals surface area contributed by atoms with Crippen LogP contribution in [-0.2, 0) is 6.42 Å². The van der Waals surface area contributed by atoms with Crippen molar-refractivity contribution in [3.63, 3.8) is 0 Å². The van der Waals surface area contributed by atoms with Crippen LogP contribution in [0.2, 0.25) is 0 Å². The fourth-order valence-corrected chi connectivity index (χ4v) is 2.92. The van der Waals surface area contributed by atoms with Crippen LogP contribution in [0.15, 0.2) is 42.6 Å². The normalized spacial score (nSPS) is 19.3. The molecule has 0 aromatic heterocycles. The molecule has 142 valence electrons. The van der Waals surface area contributed by atoms with Crippen molar-refractivity contribution in [2.24, 2.45) is 5.73 Å². The summed E-state index contributed by atoms with van der Waals surface area (Å²) in [5, 5.41) is 1.75. The quantitative estimate of drug-likeness (QED) is 0.732. The summed E-state index contributed by atoms with van der Waals surface area (Å²) in [7, 11) is 3.02. The van der Waals surface area contributed by atoms with E-state index >= 15 is 0 Å². The van der Waals surface area contributed by atoms with E-state index < -0.39 is 17.0 Å². The van der Waals surface area contributed by atoms with Gasteiger partial charge in [-0.2, -0.15) is 13.2 Å². The van der Waals surface area contributed by atoms with E-state index in [1.807, 2.05) is 0 Å². The number of methoxy groups -OCH3 is 2. The number of nitrogens with zero attached hydrogens (tertiary/aromatic N) is 1. The predicted octanol–water partition coefficient (Wildman–Crippen LogP) is 2.72. The average molecular weight is 387 g/mol. The zero-order chi connectivity index (χ0) is 19.4. The second-order valence-electron chi connectivity index (χ2n) is 5.58. The van der Waals surface area contributed by atoms with Gasteiger partial charge in [-0.15, -0.1) is 0 Å². The summed E-state index contributed by atoms with van der Waals surface area (Å²) in [5.74, 6) is 1.17. The monoisotopic (exact) mass is 387 g/mol. The molecule has 1 aliphatic rings. The molecule has 26 heavy (non-hydrogen) atoms. The van der Waals surface area contributed by atoms with Crippen LogP contribution >= 0.6 is 12.2 Å². The second-order valence-corrected chi connectivity index (χ2v) is 6.02. The smallest absolute Gasteiger partial charge is 0.434 e. The Labute approximate surface area is 155 Å². The Morgan fingerprint density at radius 1 is 1.27 bits per heavy atom. The molecule has 1 atom stereocenters. The number of benzene rings is 1. The van der Waals surface area contributed by atoms with E-state index in [1.54, 1.807) is 18.2 Å². The molecule has 1 unspecified atom stereocenters. The molecule has 0 aliphatic carbocycles. The SMILES string of the molecule is COc1ccc(OC)c(CCN2C=CC=CC2(NC(N)=S)C(F)(F)F)c1. The third kappa shape index (κ3) is 4.04. The van der Waals surface area contributed by atoms with E-state index in [0.717, 1.165) is 16.5 Å². The molecule has 0 bridgehead atoms. The standard InChI is InChI=1S/C17H20F3N3O2S/c1-24-13-5-6-14(25-2)12(11-13)7-10-23-9-4-3-8-16(23,17(18,19)20)22-15(21)26/h3-6,8-9,11H,7,10H2,1-2H3,(H3,21,22,26). The average Bonchev–Trinajstić information content (AvgIpc) is 2.59. The number of halogens is 3. The molecule has 1 aromatic rings. The first-order valence-electron chi connectivity index (χ1n) is 7.71. The molecule has 2 rings (SSSR count). The number of thiocarbonyl (C=S) groups is 1. The van der Waals surface area contributed by atoms with Gasteiger partial charge in [-0.1, -0.05) is 6.08 Å². The highest BCUT2D eigenvalue weighted by molar-refractivity contribution is 7.80. The summed E-state index contributed by atoms with van der Waals surface area (Å²) in [6, 6.07) is 5.17. The number of alkyl halides is 3. The largest absolute Gasteiger partial charge is 0.497 e. The zero-order valence-electron chi connectivity index (χ0n) is 14.3. The van der Waals surface area contributed by atoms with Crippen molar-refractivity contribution in [3.05, 3.63) is 48.2 Å². The molecule has 1 aromatic carbocycles. The van der Waals surface area contributed by atoms with Crippen molar-refractivity contribution in [1.29, 1.82) is 0 Å². The predicted molar refractivity (Wildman–Crippen MR) is 96.9 cm³/mol. The molecule has 0 spiro atoms. The van der Waals surface area contributed by atoms with Crippen LogP contribution in [0.25, 0.3) is 0 Å². The van der Waals surface area contributed by atoms with Crippen molar-refractivity contribution in [3.8, 4) is 11.5 Å². The number of nitrogens with one attached hydrogen (secondary N) is 1. The minimum absolute atomic E-state index is 0.0412. The van der Waals surface area contributed by atoms with Crippen molar-refractivity contribution in [2.45, 2.75) is 18.3 Å². The first-order valence-corrected chi connectivity index (χ1v) is 8.12. The molecule has 0 radical (unpaired) electrons. The number of nitrogens with two attached hydrogens (primary N) is 1. The molecule has 5 nitrogen and oxygen atoms in total. The van der Waals surface area contributed by atoms with Gasteiger partial charge < -0.3 is 25.4 Å². The lowest BCUT2D eigenvalue weighted by Crippen LogP contribution is -2.67. The van der Waals surface area contributed by atoms with Crippen molar-refractivity contribution < 1.29 is 22.6 Å². The lowest BCUT2D eigenvalue weighted by molar-refractivity contribution is -0.213. The highest BCUT2D eigenvalue weighted by atomic mass is 32.1.